The molecular formula is C8H12ClIN2O. The predicted octanol–water partition coefficient (Wildman–Crippen LogP) is 2.57. The van der Waals surface area contributed by atoms with Gasteiger partial charge in [0.1, 0.15) is 3.70 Å². The molecule has 0 saturated carbocycles. The van der Waals surface area contributed by atoms with Crippen molar-refractivity contribution in [3.05, 3.63) is 14.9 Å². The molecule has 1 aromatic heterocycles. The van der Waals surface area contributed by atoms with Crippen molar-refractivity contribution < 1.29 is 4.74 Å². The van der Waals surface area contributed by atoms with Crippen LogP contribution in [0.2, 0.25) is 5.02 Å². The molecule has 1 rings (SSSR count). The summed E-state index contributed by atoms with van der Waals surface area (Å²) in [6.07, 6.45) is 1.81. The minimum atomic E-state index is -0.210. The van der Waals surface area contributed by atoms with Gasteiger partial charge in [0.25, 0.3) is 0 Å². The van der Waals surface area contributed by atoms with Crippen molar-refractivity contribution in [1.82, 2.24) is 9.78 Å². The van der Waals surface area contributed by atoms with Gasteiger partial charge in [-0.1, -0.05) is 11.6 Å². The molecule has 0 spiro atoms. The first kappa shape index (κ1) is 11.3. The summed E-state index contributed by atoms with van der Waals surface area (Å²) in [7, 11) is 1.69. The van der Waals surface area contributed by atoms with E-state index in [1.54, 1.807) is 11.8 Å². The van der Waals surface area contributed by atoms with Crippen molar-refractivity contribution in [2.45, 2.75) is 26.0 Å². The second-order valence-electron chi connectivity index (χ2n) is 3.43. The SMILES string of the molecule is COC(C)(C)Cn1cc(Cl)c(I)n1. The molecule has 0 aliphatic heterocycles. The third-order valence-electron chi connectivity index (χ3n) is 1.77. The molecule has 0 radical (unpaired) electrons. The van der Waals surface area contributed by atoms with E-state index >= 15 is 0 Å². The highest BCUT2D eigenvalue weighted by molar-refractivity contribution is 14.1. The number of rotatable bonds is 3. The molecule has 0 saturated heterocycles. The van der Waals surface area contributed by atoms with Crippen molar-refractivity contribution in [1.29, 1.82) is 0 Å². The molecule has 0 unspecified atom stereocenters. The average Bonchev–Trinajstić information content (AvgIpc) is 2.30. The highest BCUT2D eigenvalue weighted by atomic mass is 127. The van der Waals surface area contributed by atoms with Gasteiger partial charge in [0, 0.05) is 13.3 Å². The van der Waals surface area contributed by atoms with Gasteiger partial charge >= 0.3 is 0 Å². The normalized spacial score (nSPS) is 12.1. The zero-order chi connectivity index (χ0) is 10.1. The number of ether oxygens (including phenoxy) is 1. The van der Waals surface area contributed by atoms with E-state index < -0.39 is 0 Å². The molecule has 0 aliphatic carbocycles. The molecule has 0 amide bonds. The molecule has 0 N–H and O–H groups in total. The maximum atomic E-state index is 5.87. The van der Waals surface area contributed by atoms with E-state index in [-0.39, 0.29) is 5.60 Å². The van der Waals surface area contributed by atoms with E-state index in [0.29, 0.717) is 11.6 Å². The summed E-state index contributed by atoms with van der Waals surface area (Å²) in [5.41, 5.74) is -0.210. The zero-order valence-corrected chi connectivity index (χ0v) is 10.8. The molecule has 0 fully saturated rings. The van der Waals surface area contributed by atoms with Crippen LogP contribution in [0.1, 0.15) is 13.8 Å². The van der Waals surface area contributed by atoms with Gasteiger partial charge in [-0.05, 0) is 36.4 Å². The summed E-state index contributed by atoms with van der Waals surface area (Å²) >= 11 is 7.97. The van der Waals surface area contributed by atoms with Gasteiger partial charge in [-0.3, -0.25) is 4.68 Å². The Balaban J connectivity index is 2.75. The van der Waals surface area contributed by atoms with E-state index in [1.165, 1.54) is 0 Å². The Kier molecular flexibility index (Phi) is 3.59. The monoisotopic (exact) mass is 314 g/mol. The molecule has 0 atom stereocenters. The first-order chi connectivity index (χ1) is 5.94. The number of hydrogen-bond donors (Lipinski definition) is 0. The number of hydrogen-bond acceptors (Lipinski definition) is 2. The van der Waals surface area contributed by atoms with Gasteiger partial charge in [-0.25, -0.2) is 0 Å². The summed E-state index contributed by atoms with van der Waals surface area (Å²) in [5.74, 6) is 0. The van der Waals surface area contributed by atoms with Crippen molar-refractivity contribution in [2.75, 3.05) is 7.11 Å². The number of aromatic nitrogens is 2. The summed E-state index contributed by atoms with van der Waals surface area (Å²) in [6, 6.07) is 0. The fourth-order valence-corrected chi connectivity index (χ4v) is 1.48. The number of methoxy groups -OCH3 is 1. The largest absolute Gasteiger partial charge is 0.377 e. The van der Waals surface area contributed by atoms with Gasteiger partial charge in [0.15, 0.2) is 0 Å². The van der Waals surface area contributed by atoms with Crippen LogP contribution in [-0.2, 0) is 11.3 Å². The highest BCUT2D eigenvalue weighted by Gasteiger charge is 2.18. The Morgan fingerprint density at radius 2 is 2.31 bits per heavy atom. The summed E-state index contributed by atoms with van der Waals surface area (Å²) in [4.78, 5) is 0. The molecule has 0 bridgehead atoms. The quantitative estimate of drug-likeness (QED) is 0.802. The molecular weight excluding hydrogens is 302 g/mol. The molecule has 74 valence electrons. The van der Waals surface area contributed by atoms with E-state index in [0.717, 1.165) is 3.70 Å². The van der Waals surface area contributed by atoms with Gasteiger partial charge in [-0.15, -0.1) is 0 Å². The van der Waals surface area contributed by atoms with Crippen molar-refractivity contribution in [2.24, 2.45) is 0 Å². The Morgan fingerprint density at radius 1 is 1.69 bits per heavy atom. The van der Waals surface area contributed by atoms with E-state index in [2.05, 4.69) is 27.7 Å². The van der Waals surface area contributed by atoms with Crippen molar-refractivity contribution in [3.63, 3.8) is 0 Å². The summed E-state index contributed by atoms with van der Waals surface area (Å²) in [6.45, 7) is 4.72. The Hall–Kier alpha value is 0.190. The lowest BCUT2D eigenvalue weighted by Crippen LogP contribution is -2.29. The lowest BCUT2D eigenvalue weighted by Gasteiger charge is -2.22. The van der Waals surface area contributed by atoms with Crippen LogP contribution in [0, 0.1) is 3.70 Å². The van der Waals surface area contributed by atoms with Gasteiger partial charge in [0.2, 0.25) is 0 Å². The summed E-state index contributed by atoms with van der Waals surface area (Å²) in [5, 5.41) is 4.92. The van der Waals surface area contributed by atoms with Crippen molar-refractivity contribution in [3.8, 4) is 0 Å². The van der Waals surface area contributed by atoms with Crippen LogP contribution in [-0.4, -0.2) is 22.5 Å². The lowest BCUT2D eigenvalue weighted by atomic mass is 10.1. The van der Waals surface area contributed by atoms with E-state index in [9.17, 15) is 0 Å². The first-order valence-corrected chi connectivity index (χ1v) is 5.34. The van der Waals surface area contributed by atoms with E-state index in [1.807, 2.05) is 20.0 Å². The number of halogens is 2. The van der Waals surface area contributed by atoms with Crippen LogP contribution >= 0.6 is 34.2 Å². The number of nitrogens with zero attached hydrogens (tertiary/aromatic N) is 2. The minimum absolute atomic E-state index is 0.210. The van der Waals surface area contributed by atoms with Crippen LogP contribution in [0.15, 0.2) is 6.20 Å². The van der Waals surface area contributed by atoms with Gasteiger partial charge in [-0.2, -0.15) is 5.10 Å². The first-order valence-electron chi connectivity index (χ1n) is 3.88. The predicted molar refractivity (Wildman–Crippen MR) is 61.0 cm³/mol. The third-order valence-corrected chi connectivity index (χ3v) is 3.16. The maximum absolute atomic E-state index is 5.87. The molecule has 0 aromatic carbocycles. The molecule has 1 aromatic rings. The average molecular weight is 315 g/mol. The molecule has 1 heterocycles. The molecule has 5 heteroatoms. The molecule has 0 aliphatic rings. The molecule has 13 heavy (non-hydrogen) atoms. The standard InChI is InChI=1S/C8H12ClIN2O/c1-8(2,13-3)5-12-4-6(9)7(10)11-12/h4H,5H2,1-3H3. The minimum Gasteiger partial charge on any atom is -0.377 e. The zero-order valence-electron chi connectivity index (χ0n) is 7.84. The Bertz CT molecular complexity index is 279. The highest BCUT2D eigenvalue weighted by Crippen LogP contribution is 2.18. The second-order valence-corrected chi connectivity index (χ2v) is 4.86. The maximum Gasteiger partial charge on any atom is 0.141 e. The van der Waals surface area contributed by atoms with E-state index in [4.69, 9.17) is 16.3 Å². The van der Waals surface area contributed by atoms with Crippen LogP contribution < -0.4 is 0 Å². The summed E-state index contributed by atoms with van der Waals surface area (Å²) < 4.78 is 7.91. The lowest BCUT2D eigenvalue weighted by molar-refractivity contribution is 0.00535. The van der Waals surface area contributed by atoms with Gasteiger partial charge in [0.05, 0.1) is 17.2 Å². The van der Waals surface area contributed by atoms with Crippen LogP contribution in [0.4, 0.5) is 0 Å². The van der Waals surface area contributed by atoms with Crippen LogP contribution in [0.25, 0.3) is 0 Å². The third kappa shape index (κ3) is 3.11. The van der Waals surface area contributed by atoms with Gasteiger partial charge < -0.3 is 4.74 Å². The fourth-order valence-electron chi connectivity index (χ4n) is 0.909. The molecule has 3 nitrogen and oxygen atoms in total. The van der Waals surface area contributed by atoms with Crippen molar-refractivity contribution >= 4 is 34.2 Å². The Labute approximate surface area is 96.5 Å². The topological polar surface area (TPSA) is 27.1 Å². The van der Waals surface area contributed by atoms with Crippen LogP contribution in [0.3, 0.4) is 0 Å². The van der Waals surface area contributed by atoms with Crippen LogP contribution in [0.5, 0.6) is 0 Å². The Morgan fingerprint density at radius 3 is 2.69 bits per heavy atom. The second kappa shape index (κ2) is 4.14. The fraction of sp³-hybridized carbons (Fsp3) is 0.625. The smallest absolute Gasteiger partial charge is 0.141 e.